The Hall–Kier alpha value is -2.94. The molecule has 0 heterocycles. The van der Waals surface area contributed by atoms with Crippen LogP contribution in [0.5, 0.6) is 0 Å². The first-order chi connectivity index (χ1) is 17.8. The van der Waals surface area contributed by atoms with Crippen molar-refractivity contribution < 1.29 is 9.90 Å². The molecule has 2 unspecified atom stereocenters. The van der Waals surface area contributed by atoms with Crippen molar-refractivity contribution >= 4 is 40.6 Å². The number of aliphatic hydroxyl groups excluding tert-OH is 1. The van der Waals surface area contributed by atoms with E-state index < -0.39 is 12.1 Å². The van der Waals surface area contributed by atoms with Crippen LogP contribution in [0.2, 0.25) is 10.0 Å². The van der Waals surface area contributed by atoms with E-state index in [1.807, 2.05) is 24.3 Å². The van der Waals surface area contributed by atoms with Crippen molar-refractivity contribution in [3.63, 3.8) is 0 Å². The molecule has 196 valence electrons. The molecule has 3 aromatic carbocycles. The summed E-state index contributed by atoms with van der Waals surface area (Å²) in [6, 6.07) is 17.9. The van der Waals surface area contributed by atoms with Crippen molar-refractivity contribution in [3.05, 3.63) is 98.5 Å². The summed E-state index contributed by atoms with van der Waals surface area (Å²) in [5.41, 5.74) is 22.3. The maximum Gasteiger partial charge on any atom is 0.231 e. The van der Waals surface area contributed by atoms with E-state index in [2.05, 4.69) is 17.2 Å². The van der Waals surface area contributed by atoms with Crippen LogP contribution in [0.1, 0.15) is 59.7 Å². The highest BCUT2D eigenvalue weighted by molar-refractivity contribution is 6.42. The molecule has 0 bridgehead atoms. The number of aliphatic imine (C=N–C) groups is 1. The van der Waals surface area contributed by atoms with E-state index in [9.17, 15) is 9.90 Å². The number of aliphatic hydroxyl groups is 1. The van der Waals surface area contributed by atoms with Gasteiger partial charge in [-0.15, -0.1) is 0 Å². The zero-order valence-electron chi connectivity index (χ0n) is 20.8. The zero-order valence-corrected chi connectivity index (χ0v) is 22.3. The van der Waals surface area contributed by atoms with Gasteiger partial charge in [0, 0.05) is 23.4 Å². The highest BCUT2D eigenvalue weighted by Crippen LogP contribution is 2.29. The number of aryl methyl sites for hydroxylation is 1. The van der Waals surface area contributed by atoms with Gasteiger partial charge in [-0.05, 0) is 66.4 Å². The summed E-state index contributed by atoms with van der Waals surface area (Å²) < 4.78 is 0. The molecule has 3 rings (SSSR count). The van der Waals surface area contributed by atoms with Gasteiger partial charge in [0.2, 0.25) is 5.91 Å². The first-order valence-electron chi connectivity index (χ1n) is 12.2. The van der Waals surface area contributed by atoms with Crippen LogP contribution >= 0.6 is 23.2 Å². The third-order valence-corrected chi connectivity index (χ3v) is 6.78. The average Bonchev–Trinajstić information content (AvgIpc) is 2.89. The summed E-state index contributed by atoms with van der Waals surface area (Å²) >= 11 is 12.2. The average molecular weight is 543 g/mol. The minimum Gasteiger partial charge on any atom is -0.383 e. The van der Waals surface area contributed by atoms with E-state index in [-0.39, 0.29) is 11.7 Å². The van der Waals surface area contributed by atoms with E-state index in [0.29, 0.717) is 46.4 Å². The maximum absolute atomic E-state index is 13.3. The smallest absolute Gasteiger partial charge is 0.231 e. The molecule has 37 heavy (non-hydrogen) atoms. The van der Waals surface area contributed by atoms with Gasteiger partial charge in [0.05, 0.1) is 16.0 Å². The number of carbonyl (C=O) groups is 1. The van der Waals surface area contributed by atoms with Gasteiger partial charge >= 0.3 is 0 Å². The lowest BCUT2D eigenvalue weighted by molar-refractivity contribution is -0.117. The number of nitrogens with two attached hydrogens (primary N) is 3. The molecule has 1 amide bonds. The molecule has 0 spiro atoms. The number of carbonyl (C=O) groups excluding carboxylic acids is 1. The van der Waals surface area contributed by atoms with E-state index in [1.165, 1.54) is 0 Å². The Labute approximate surface area is 227 Å². The summed E-state index contributed by atoms with van der Waals surface area (Å²) in [7, 11) is 0. The Balaban J connectivity index is 1.90. The number of anilines is 1. The molecule has 0 aromatic heterocycles. The molecule has 0 aliphatic carbocycles. The zero-order chi connectivity index (χ0) is 26.9. The molecule has 3 aromatic rings. The van der Waals surface area contributed by atoms with Gasteiger partial charge in [0.15, 0.2) is 6.23 Å². The number of benzene rings is 3. The van der Waals surface area contributed by atoms with E-state index in [4.69, 9.17) is 40.4 Å². The number of hydrogen-bond acceptors (Lipinski definition) is 5. The standard InChI is InChI=1S/C28H33Cl2N5O2/c1-2-4-18-7-9-21(34-28(37)22(11-12-31)19-8-10-24(29)25(30)14-19)15-23(18)26(33)35-27(36)20-6-3-5-17(13-20)16-32/h3,5-10,13-15,22,27,36H,2,4,11-12,16,31-32H2,1H3,(H2,33,35)(H,34,37). The molecule has 0 saturated carbocycles. The number of rotatable bonds is 11. The van der Waals surface area contributed by atoms with Gasteiger partial charge in [-0.2, -0.15) is 0 Å². The fraction of sp³-hybridized carbons (Fsp3) is 0.286. The van der Waals surface area contributed by atoms with Gasteiger partial charge in [-0.25, -0.2) is 4.99 Å². The fourth-order valence-electron chi connectivity index (χ4n) is 4.11. The summed E-state index contributed by atoms with van der Waals surface area (Å²) in [5, 5.41) is 14.5. The van der Waals surface area contributed by atoms with Crippen LogP contribution in [0, 0.1) is 0 Å². The Morgan fingerprint density at radius 2 is 1.81 bits per heavy atom. The van der Waals surface area contributed by atoms with E-state index in [0.717, 1.165) is 29.5 Å². The summed E-state index contributed by atoms with van der Waals surface area (Å²) in [6.45, 7) is 2.74. The van der Waals surface area contributed by atoms with Crippen molar-refractivity contribution in [2.75, 3.05) is 11.9 Å². The van der Waals surface area contributed by atoms with Crippen LogP contribution < -0.4 is 22.5 Å². The van der Waals surface area contributed by atoms with Crippen molar-refractivity contribution in [2.24, 2.45) is 22.2 Å². The minimum absolute atomic E-state index is 0.174. The largest absolute Gasteiger partial charge is 0.383 e. The highest BCUT2D eigenvalue weighted by Gasteiger charge is 2.22. The minimum atomic E-state index is -1.15. The van der Waals surface area contributed by atoms with Gasteiger partial charge < -0.3 is 27.6 Å². The molecule has 0 aliphatic heterocycles. The Kier molecular flexibility index (Phi) is 10.5. The topological polar surface area (TPSA) is 140 Å². The maximum atomic E-state index is 13.3. The first-order valence-corrected chi connectivity index (χ1v) is 12.9. The number of amidine groups is 1. The van der Waals surface area contributed by atoms with Crippen LogP contribution in [-0.4, -0.2) is 23.4 Å². The lowest BCUT2D eigenvalue weighted by atomic mass is 9.94. The molecule has 9 heteroatoms. The number of nitrogens with zero attached hydrogens (tertiary/aromatic N) is 1. The second-order valence-electron chi connectivity index (χ2n) is 8.75. The normalized spacial score (nSPS) is 13.3. The molecular weight excluding hydrogens is 509 g/mol. The van der Waals surface area contributed by atoms with Gasteiger partial charge in [-0.1, -0.05) is 66.9 Å². The molecule has 0 radical (unpaired) electrons. The Morgan fingerprint density at radius 1 is 1.03 bits per heavy atom. The molecule has 8 N–H and O–H groups in total. The first kappa shape index (κ1) is 28.6. The third-order valence-electron chi connectivity index (χ3n) is 6.04. The van der Waals surface area contributed by atoms with Gasteiger partial charge in [-0.3, -0.25) is 4.79 Å². The summed E-state index contributed by atoms with van der Waals surface area (Å²) in [6.07, 6.45) is 0.936. The number of amides is 1. The van der Waals surface area contributed by atoms with Crippen molar-refractivity contribution in [3.8, 4) is 0 Å². The molecule has 0 fully saturated rings. The van der Waals surface area contributed by atoms with Crippen molar-refractivity contribution in [1.29, 1.82) is 0 Å². The molecule has 0 saturated heterocycles. The molecular formula is C28H33Cl2N5O2. The quantitative estimate of drug-likeness (QED) is 0.174. The summed E-state index contributed by atoms with van der Waals surface area (Å²) in [5.74, 6) is -0.568. The lowest BCUT2D eigenvalue weighted by Crippen LogP contribution is -2.24. The van der Waals surface area contributed by atoms with Crippen molar-refractivity contribution in [1.82, 2.24) is 0 Å². The van der Waals surface area contributed by atoms with Crippen LogP contribution in [0.3, 0.4) is 0 Å². The predicted molar refractivity (Wildman–Crippen MR) is 152 cm³/mol. The molecule has 7 nitrogen and oxygen atoms in total. The van der Waals surface area contributed by atoms with Crippen LogP contribution in [0.25, 0.3) is 0 Å². The highest BCUT2D eigenvalue weighted by atomic mass is 35.5. The molecule has 0 aliphatic rings. The fourth-order valence-corrected chi connectivity index (χ4v) is 4.42. The van der Waals surface area contributed by atoms with Gasteiger partial charge in [0.25, 0.3) is 0 Å². The lowest BCUT2D eigenvalue weighted by Gasteiger charge is -2.18. The third kappa shape index (κ3) is 7.53. The Bertz CT molecular complexity index is 1270. The SMILES string of the molecule is CCCc1ccc(NC(=O)C(CCN)c2ccc(Cl)c(Cl)c2)cc1/C(N)=N/C(O)c1cccc(CN)c1. The predicted octanol–water partition coefficient (Wildman–Crippen LogP) is 4.87. The second kappa shape index (κ2) is 13.6. The second-order valence-corrected chi connectivity index (χ2v) is 9.57. The van der Waals surface area contributed by atoms with E-state index in [1.54, 1.807) is 36.4 Å². The van der Waals surface area contributed by atoms with Crippen LogP contribution in [-0.2, 0) is 17.8 Å². The van der Waals surface area contributed by atoms with Gasteiger partial charge in [0.1, 0.15) is 5.84 Å². The molecule has 2 atom stereocenters. The number of hydrogen-bond donors (Lipinski definition) is 5. The monoisotopic (exact) mass is 541 g/mol. The summed E-state index contributed by atoms with van der Waals surface area (Å²) in [4.78, 5) is 17.6. The number of nitrogens with one attached hydrogen (secondary N) is 1. The van der Waals surface area contributed by atoms with Crippen molar-refractivity contribution in [2.45, 2.75) is 44.9 Å². The van der Waals surface area contributed by atoms with E-state index >= 15 is 0 Å². The number of halogens is 2. The Morgan fingerprint density at radius 3 is 2.49 bits per heavy atom. The van der Waals surface area contributed by atoms with Crippen LogP contribution in [0.4, 0.5) is 5.69 Å². The van der Waals surface area contributed by atoms with Crippen LogP contribution in [0.15, 0.2) is 65.7 Å².